The molecule has 1 aromatic carbocycles. The summed E-state index contributed by atoms with van der Waals surface area (Å²) in [6.45, 7) is 0.615. The van der Waals surface area contributed by atoms with Crippen LogP contribution in [0.3, 0.4) is 0 Å². The molecule has 1 aromatic rings. The number of carbonyl (C=O) groups excluding carboxylic acids is 2. The summed E-state index contributed by atoms with van der Waals surface area (Å²) in [4.78, 5) is 24.7. The summed E-state index contributed by atoms with van der Waals surface area (Å²) in [5, 5.41) is 2.57. The molecule has 0 spiro atoms. The van der Waals surface area contributed by atoms with Crippen LogP contribution in [0.25, 0.3) is 0 Å². The second-order valence-corrected chi connectivity index (χ2v) is 4.70. The van der Waals surface area contributed by atoms with E-state index in [1.54, 1.807) is 23.1 Å². The maximum atomic E-state index is 11.9. The highest BCUT2D eigenvalue weighted by molar-refractivity contribution is 6.18. The molecule has 1 fully saturated rings. The van der Waals surface area contributed by atoms with E-state index in [0.717, 1.165) is 5.69 Å². The summed E-state index contributed by atoms with van der Waals surface area (Å²) in [6.07, 6.45) is -0.0680. The van der Waals surface area contributed by atoms with Crippen LogP contribution in [0.1, 0.15) is 6.42 Å². The third kappa shape index (κ3) is 3.17. The molecule has 2 rings (SSSR count). The quantitative estimate of drug-likeness (QED) is 0.867. The minimum Gasteiger partial charge on any atom is -0.453 e. The summed E-state index contributed by atoms with van der Waals surface area (Å²) >= 11 is 5.79. The number of anilines is 2. The van der Waals surface area contributed by atoms with E-state index in [2.05, 4.69) is 10.1 Å². The minimum atomic E-state index is -0.538. The predicted octanol–water partition coefficient (Wildman–Crippen LogP) is 2.46. The van der Waals surface area contributed by atoms with Gasteiger partial charge in [0.25, 0.3) is 0 Å². The van der Waals surface area contributed by atoms with Crippen molar-refractivity contribution in [2.45, 2.75) is 6.42 Å². The maximum absolute atomic E-state index is 11.9. The van der Waals surface area contributed by atoms with Crippen LogP contribution in [0.4, 0.5) is 16.2 Å². The van der Waals surface area contributed by atoms with E-state index in [9.17, 15) is 9.59 Å². The van der Waals surface area contributed by atoms with Crippen molar-refractivity contribution in [2.75, 3.05) is 29.8 Å². The fourth-order valence-corrected chi connectivity index (χ4v) is 2.26. The second-order valence-electron chi connectivity index (χ2n) is 4.40. The molecule has 2 amide bonds. The van der Waals surface area contributed by atoms with Crippen LogP contribution in [0, 0.1) is 5.92 Å². The van der Waals surface area contributed by atoms with Crippen LogP contribution in [0.15, 0.2) is 24.3 Å². The van der Waals surface area contributed by atoms with Gasteiger partial charge in [0.2, 0.25) is 5.91 Å². The van der Waals surface area contributed by atoms with Gasteiger partial charge in [0.15, 0.2) is 0 Å². The van der Waals surface area contributed by atoms with Gasteiger partial charge in [-0.3, -0.25) is 10.1 Å². The predicted molar refractivity (Wildman–Crippen MR) is 73.6 cm³/mol. The first-order valence-electron chi connectivity index (χ1n) is 5.95. The molecule has 1 unspecified atom stereocenters. The lowest BCUT2D eigenvalue weighted by molar-refractivity contribution is -0.117. The molecule has 19 heavy (non-hydrogen) atoms. The molecular weight excluding hydrogens is 268 g/mol. The average molecular weight is 283 g/mol. The van der Waals surface area contributed by atoms with Crippen molar-refractivity contribution in [3.05, 3.63) is 24.3 Å². The Morgan fingerprint density at radius 2 is 2.37 bits per heavy atom. The van der Waals surface area contributed by atoms with Gasteiger partial charge in [-0.05, 0) is 24.1 Å². The highest BCUT2D eigenvalue weighted by atomic mass is 35.5. The Kier molecular flexibility index (Phi) is 4.27. The standard InChI is InChI=1S/C13H15ClN2O3/c1-19-13(18)15-10-3-2-4-11(6-10)16-8-9(7-14)5-12(16)17/h2-4,6,9H,5,7-8H2,1H3,(H,15,18). The lowest BCUT2D eigenvalue weighted by atomic mass is 10.1. The molecule has 0 bridgehead atoms. The van der Waals surface area contributed by atoms with Gasteiger partial charge in [-0.1, -0.05) is 6.07 Å². The number of halogens is 1. The van der Waals surface area contributed by atoms with Crippen LogP contribution in [0.5, 0.6) is 0 Å². The zero-order valence-corrected chi connectivity index (χ0v) is 11.3. The van der Waals surface area contributed by atoms with Crippen molar-refractivity contribution in [3.8, 4) is 0 Å². The van der Waals surface area contributed by atoms with Gasteiger partial charge in [0.05, 0.1) is 7.11 Å². The highest BCUT2D eigenvalue weighted by Crippen LogP contribution is 2.27. The molecule has 102 valence electrons. The summed E-state index contributed by atoms with van der Waals surface area (Å²) in [6, 6.07) is 7.09. The fourth-order valence-electron chi connectivity index (χ4n) is 2.05. The first-order chi connectivity index (χ1) is 9.13. The summed E-state index contributed by atoms with van der Waals surface area (Å²) < 4.78 is 4.53. The Balaban J connectivity index is 2.15. The molecule has 1 saturated heterocycles. The number of nitrogens with one attached hydrogen (secondary N) is 1. The SMILES string of the molecule is COC(=O)Nc1cccc(N2CC(CCl)CC2=O)c1. The van der Waals surface area contributed by atoms with Gasteiger partial charge in [0, 0.05) is 30.2 Å². The van der Waals surface area contributed by atoms with E-state index in [1.165, 1.54) is 7.11 Å². The molecular formula is C13H15ClN2O3. The number of alkyl halides is 1. The molecule has 1 aliphatic rings. The number of hydrogen-bond donors (Lipinski definition) is 1. The smallest absolute Gasteiger partial charge is 0.411 e. The molecule has 1 aliphatic heterocycles. The normalized spacial score (nSPS) is 18.5. The number of methoxy groups -OCH3 is 1. The fraction of sp³-hybridized carbons (Fsp3) is 0.385. The Bertz CT molecular complexity index is 493. The Hall–Kier alpha value is -1.75. The number of benzene rings is 1. The third-order valence-corrected chi connectivity index (χ3v) is 3.45. The van der Waals surface area contributed by atoms with E-state index >= 15 is 0 Å². The van der Waals surface area contributed by atoms with Crippen LogP contribution in [0.2, 0.25) is 0 Å². The van der Waals surface area contributed by atoms with Gasteiger partial charge in [0.1, 0.15) is 0 Å². The molecule has 0 aliphatic carbocycles. The van der Waals surface area contributed by atoms with Gasteiger partial charge in [-0.25, -0.2) is 4.79 Å². The van der Waals surface area contributed by atoms with Crippen LogP contribution < -0.4 is 10.2 Å². The van der Waals surface area contributed by atoms with Crippen molar-refractivity contribution < 1.29 is 14.3 Å². The third-order valence-electron chi connectivity index (χ3n) is 3.01. The molecule has 1 atom stereocenters. The van der Waals surface area contributed by atoms with Crippen molar-refractivity contribution >= 4 is 35.0 Å². The first-order valence-corrected chi connectivity index (χ1v) is 6.49. The van der Waals surface area contributed by atoms with Crippen LogP contribution >= 0.6 is 11.6 Å². The number of rotatable bonds is 3. The summed E-state index contributed by atoms with van der Waals surface area (Å²) in [5.41, 5.74) is 1.35. The van der Waals surface area contributed by atoms with Gasteiger partial charge in [-0.2, -0.15) is 0 Å². The molecule has 0 aromatic heterocycles. The van der Waals surface area contributed by atoms with Crippen LogP contribution in [-0.4, -0.2) is 31.5 Å². The monoisotopic (exact) mass is 282 g/mol. The number of carbonyl (C=O) groups is 2. The minimum absolute atomic E-state index is 0.0564. The van der Waals surface area contributed by atoms with Crippen LogP contribution in [-0.2, 0) is 9.53 Å². The molecule has 0 saturated carbocycles. The summed E-state index contributed by atoms with van der Waals surface area (Å²) in [5.74, 6) is 0.717. The second kappa shape index (κ2) is 5.93. The Labute approximate surface area is 116 Å². The van der Waals surface area contributed by atoms with E-state index in [1.807, 2.05) is 6.07 Å². The highest BCUT2D eigenvalue weighted by Gasteiger charge is 2.29. The number of amides is 2. The Morgan fingerprint density at radius 3 is 3.00 bits per heavy atom. The van der Waals surface area contributed by atoms with E-state index in [4.69, 9.17) is 11.6 Å². The van der Waals surface area contributed by atoms with E-state index in [-0.39, 0.29) is 11.8 Å². The summed E-state index contributed by atoms with van der Waals surface area (Å²) in [7, 11) is 1.30. The van der Waals surface area contributed by atoms with Crippen molar-refractivity contribution in [1.29, 1.82) is 0 Å². The molecule has 5 nitrogen and oxygen atoms in total. The van der Waals surface area contributed by atoms with Gasteiger partial charge in [-0.15, -0.1) is 11.6 Å². The number of hydrogen-bond acceptors (Lipinski definition) is 3. The van der Waals surface area contributed by atoms with Crippen molar-refractivity contribution in [1.82, 2.24) is 0 Å². The molecule has 6 heteroatoms. The van der Waals surface area contributed by atoms with E-state index in [0.29, 0.717) is 24.5 Å². The van der Waals surface area contributed by atoms with Gasteiger partial charge >= 0.3 is 6.09 Å². The van der Waals surface area contributed by atoms with Crippen molar-refractivity contribution in [3.63, 3.8) is 0 Å². The van der Waals surface area contributed by atoms with Gasteiger partial charge < -0.3 is 9.64 Å². The van der Waals surface area contributed by atoms with Crippen molar-refractivity contribution in [2.24, 2.45) is 5.92 Å². The molecule has 0 radical (unpaired) electrons. The number of nitrogens with zero attached hydrogens (tertiary/aromatic N) is 1. The average Bonchev–Trinajstić information content (AvgIpc) is 2.80. The first kappa shape index (κ1) is 13.7. The molecule has 1 heterocycles. The zero-order valence-electron chi connectivity index (χ0n) is 10.6. The lowest BCUT2D eigenvalue weighted by Crippen LogP contribution is -2.24. The molecule has 1 N–H and O–H groups in total. The topological polar surface area (TPSA) is 58.6 Å². The lowest BCUT2D eigenvalue weighted by Gasteiger charge is -2.17. The van der Waals surface area contributed by atoms with E-state index < -0.39 is 6.09 Å². The Morgan fingerprint density at radius 1 is 1.58 bits per heavy atom. The largest absolute Gasteiger partial charge is 0.453 e. The zero-order chi connectivity index (χ0) is 13.8. The number of ether oxygens (including phenoxy) is 1. The maximum Gasteiger partial charge on any atom is 0.411 e.